The van der Waals surface area contributed by atoms with Crippen molar-refractivity contribution in [2.45, 2.75) is 0 Å². The molecule has 0 fully saturated rings. The van der Waals surface area contributed by atoms with E-state index in [0.717, 1.165) is 20.1 Å². The van der Waals surface area contributed by atoms with E-state index in [1.54, 1.807) is 0 Å². The summed E-state index contributed by atoms with van der Waals surface area (Å²) in [5, 5.41) is 4.01. The third-order valence-corrected chi connectivity index (χ3v) is 3.62. The van der Waals surface area contributed by atoms with E-state index in [-0.39, 0.29) is 0 Å². The monoisotopic (exact) mass is 378 g/mol. The zero-order valence-corrected chi connectivity index (χ0v) is 12.8. The second kappa shape index (κ2) is 5.27. The first-order valence-corrected chi connectivity index (χ1v) is 7.16. The predicted molar refractivity (Wildman–Crippen MR) is 80.6 cm³/mol. The molecule has 0 amide bonds. The Bertz CT molecular complexity index is 707. The molecule has 0 aliphatic heterocycles. The molecule has 3 rings (SSSR count). The number of hydrogen-bond acceptors (Lipinski definition) is 3. The first kappa shape index (κ1) is 12.6. The van der Waals surface area contributed by atoms with Crippen LogP contribution in [0.2, 0.25) is 0 Å². The summed E-state index contributed by atoms with van der Waals surface area (Å²) in [5.41, 5.74) is 1.82. The van der Waals surface area contributed by atoms with Crippen LogP contribution in [-0.2, 0) is 0 Å². The molecule has 94 valence electrons. The lowest BCUT2D eigenvalue weighted by molar-refractivity contribution is 0.432. The average molecular weight is 380 g/mol. The summed E-state index contributed by atoms with van der Waals surface area (Å²) >= 11 is 6.82. The second-order valence-electron chi connectivity index (χ2n) is 3.94. The van der Waals surface area contributed by atoms with Gasteiger partial charge in [-0.15, -0.1) is 0 Å². The maximum Gasteiger partial charge on any atom is 0.258 e. The fraction of sp³-hybridized carbons (Fsp3) is 0. The Kier molecular flexibility index (Phi) is 3.48. The third-order valence-electron chi connectivity index (χ3n) is 2.60. The molecule has 0 atom stereocenters. The molecule has 0 unspecified atom stereocenters. The molecule has 1 aromatic heterocycles. The minimum atomic E-state index is 0.516. The van der Waals surface area contributed by atoms with Gasteiger partial charge in [-0.2, -0.15) is 4.98 Å². The van der Waals surface area contributed by atoms with Crippen LogP contribution in [0.25, 0.3) is 22.8 Å². The Morgan fingerprint density at radius 3 is 2.37 bits per heavy atom. The summed E-state index contributed by atoms with van der Waals surface area (Å²) < 4.78 is 7.30. The molecule has 0 radical (unpaired) electrons. The summed E-state index contributed by atoms with van der Waals surface area (Å²) in [5.74, 6) is 1.10. The maximum absolute atomic E-state index is 5.29. The van der Waals surface area contributed by atoms with Gasteiger partial charge in [0, 0.05) is 20.1 Å². The molecule has 19 heavy (non-hydrogen) atoms. The standard InChI is InChI=1S/C14H8Br2N2O/c15-11-6-4-9(5-7-11)14-17-13(18-19-14)10-2-1-3-12(16)8-10/h1-8H. The van der Waals surface area contributed by atoms with Gasteiger partial charge in [0.1, 0.15) is 0 Å². The lowest BCUT2D eigenvalue weighted by atomic mass is 10.2. The molecule has 1 heterocycles. The summed E-state index contributed by atoms with van der Waals surface area (Å²) in [7, 11) is 0. The van der Waals surface area contributed by atoms with Crippen molar-refractivity contribution in [1.82, 2.24) is 10.1 Å². The van der Waals surface area contributed by atoms with Crippen molar-refractivity contribution in [3.63, 3.8) is 0 Å². The Morgan fingerprint density at radius 2 is 1.63 bits per heavy atom. The van der Waals surface area contributed by atoms with Gasteiger partial charge in [-0.3, -0.25) is 0 Å². The van der Waals surface area contributed by atoms with Gasteiger partial charge in [-0.25, -0.2) is 0 Å². The molecule has 0 spiro atoms. The van der Waals surface area contributed by atoms with E-state index in [0.29, 0.717) is 11.7 Å². The van der Waals surface area contributed by atoms with Crippen LogP contribution in [0.15, 0.2) is 62.0 Å². The molecule has 3 aromatic rings. The van der Waals surface area contributed by atoms with Crippen molar-refractivity contribution in [2.75, 3.05) is 0 Å². The van der Waals surface area contributed by atoms with E-state index >= 15 is 0 Å². The zero-order chi connectivity index (χ0) is 13.2. The minimum Gasteiger partial charge on any atom is -0.334 e. The van der Waals surface area contributed by atoms with Crippen LogP contribution < -0.4 is 0 Å². The zero-order valence-electron chi connectivity index (χ0n) is 9.68. The van der Waals surface area contributed by atoms with Crippen LogP contribution in [0.3, 0.4) is 0 Å². The van der Waals surface area contributed by atoms with Crippen LogP contribution in [0, 0.1) is 0 Å². The molecule has 2 aromatic carbocycles. The van der Waals surface area contributed by atoms with Gasteiger partial charge in [0.25, 0.3) is 5.89 Å². The van der Waals surface area contributed by atoms with Crippen molar-refractivity contribution < 1.29 is 4.52 Å². The molecular weight excluding hydrogens is 372 g/mol. The van der Waals surface area contributed by atoms with Gasteiger partial charge in [-0.05, 0) is 36.4 Å². The SMILES string of the molecule is Brc1ccc(-c2nc(-c3cccc(Br)c3)no2)cc1. The van der Waals surface area contributed by atoms with Crippen molar-refractivity contribution in [2.24, 2.45) is 0 Å². The summed E-state index contributed by atoms with van der Waals surface area (Å²) in [6.07, 6.45) is 0. The fourth-order valence-corrected chi connectivity index (χ4v) is 2.34. The molecular formula is C14H8Br2N2O. The highest BCUT2D eigenvalue weighted by atomic mass is 79.9. The summed E-state index contributed by atoms with van der Waals surface area (Å²) in [6, 6.07) is 15.5. The fourth-order valence-electron chi connectivity index (χ4n) is 1.68. The Labute approximate surface area is 126 Å². The van der Waals surface area contributed by atoms with E-state index < -0.39 is 0 Å². The van der Waals surface area contributed by atoms with Crippen LogP contribution >= 0.6 is 31.9 Å². The Hall–Kier alpha value is -1.46. The van der Waals surface area contributed by atoms with Crippen molar-refractivity contribution >= 4 is 31.9 Å². The second-order valence-corrected chi connectivity index (χ2v) is 5.77. The molecule has 3 nitrogen and oxygen atoms in total. The highest BCUT2D eigenvalue weighted by molar-refractivity contribution is 9.10. The molecule has 5 heteroatoms. The quantitative estimate of drug-likeness (QED) is 0.633. The van der Waals surface area contributed by atoms with Crippen molar-refractivity contribution in [3.8, 4) is 22.8 Å². The molecule has 0 saturated carbocycles. The van der Waals surface area contributed by atoms with Gasteiger partial charge < -0.3 is 4.52 Å². The van der Waals surface area contributed by atoms with Crippen molar-refractivity contribution in [1.29, 1.82) is 0 Å². The molecule has 0 bridgehead atoms. The number of hydrogen-bond donors (Lipinski definition) is 0. The largest absolute Gasteiger partial charge is 0.334 e. The molecule has 0 saturated heterocycles. The number of aromatic nitrogens is 2. The van der Waals surface area contributed by atoms with Gasteiger partial charge in [0.05, 0.1) is 0 Å². The van der Waals surface area contributed by atoms with Crippen LogP contribution in [0.1, 0.15) is 0 Å². The Balaban J connectivity index is 1.97. The number of rotatable bonds is 2. The average Bonchev–Trinajstić information content (AvgIpc) is 2.89. The first-order valence-electron chi connectivity index (χ1n) is 5.58. The summed E-state index contributed by atoms with van der Waals surface area (Å²) in [6.45, 7) is 0. The molecule has 0 aliphatic carbocycles. The van der Waals surface area contributed by atoms with E-state index in [2.05, 4.69) is 42.0 Å². The summed E-state index contributed by atoms with van der Waals surface area (Å²) in [4.78, 5) is 4.41. The highest BCUT2D eigenvalue weighted by Crippen LogP contribution is 2.25. The normalized spacial score (nSPS) is 10.6. The topological polar surface area (TPSA) is 38.9 Å². The van der Waals surface area contributed by atoms with Crippen LogP contribution in [0.5, 0.6) is 0 Å². The highest BCUT2D eigenvalue weighted by Gasteiger charge is 2.10. The van der Waals surface area contributed by atoms with Crippen LogP contribution in [-0.4, -0.2) is 10.1 Å². The number of benzene rings is 2. The predicted octanol–water partition coefficient (Wildman–Crippen LogP) is 4.93. The van der Waals surface area contributed by atoms with E-state index in [9.17, 15) is 0 Å². The van der Waals surface area contributed by atoms with Gasteiger partial charge >= 0.3 is 0 Å². The van der Waals surface area contributed by atoms with E-state index in [1.165, 1.54) is 0 Å². The lowest BCUT2D eigenvalue weighted by Gasteiger charge is -1.95. The number of nitrogens with zero attached hydrogens (tertiary/aromatic N) is 2. The Morgan fingerprint density at radius 1 is 0.842 bits per heavy atom. The molecule has 0 aliphatic rings. The van der Waals surface area contributed by atoms with Crippen LogP contribution in [0.4, 0.5) is 0 Å². The van der Waals surface area contributed by atoms with Crippen molar-refractivity contribution in [3.05, 3.63) is 57.5 Å². The van der Waals surface area contributed by atoms with Gasteiger partial charge in [0.15, 0.2) is 0 Å². The molecule has 0 N–H and O–H groups in total. The smallest absolute Gasteiger partial charge is 0.258 e. The lowest BCUT2D eigenvalue weighted by Crippen LogP contribution is -1.81. The van der Waals surface area contributed by atoms with Gasteiger partial charge in [0.2, 0.25) is 5.82 Å². The maximum atomic E-state index is 5.29. The van der Waals surface area contributed by atoms with E-state index in [4.69, 9.17) is 4.52 Å². The third kappa shape index (κ3) is 2.77. The number of halogens is 2. The van der Waals surface area contributed by atoms with E-state index in [1.807, 2.05) is 48.5 Å². The minimum absolute atomic E-state index is 0.516. The van der Waals surface area contributed by atoms with Gasteiger partial charge in [-0.1, -0.05) is 49.1 Å². The first-order chi connectivity index (χ1) is 9.22.